The number of piperazine rings is 1. The minimum atomic E-state index is -4.98. The lowest BCUT2D eigenvalue weighted by Gasteiger charge is -2.48. The number of nitrogen functional groups attached to an aromatic ring is 1. The smallest absolute Gasteiger partial charge is 0.417 e. The lowest BCUT2D eigenvalue weighted by atomic mass is 9.90. The van der Waals surface area contributed by atoms with E-state index in [4.69, 9.17) is 10.5 Å². The van der Waals surface area contributed by atoms with Crippen molar-refractivity contribution in [3.63, 3.8) is 0 Å². The first kappa shape index (κ1) is 28.1. The van der Waals surface area contributed by atoms with E-state index in [0.29, 0.717) is 26.1 Å². The van der Waals surface area contributed by atoms with Crippen LogP contribution < -0.4 is 20.7 Å². The Labute approximate surface area is 251 Å². The highest BCUT2D eigenvalue weighted by molar-refractivity contribution is 7.22. The maximum absolute atomic E-state index is 16.7. The van der Waals surface area contributed by atoms with Gasteiger partial charge in [0.2, 0.25) is 0 Å². The standard InChI is InChI=1S/C29H27F6N7OS/c30-13-8-28(4-1-5-42(28)9-13)12-43-27-39-22-17(25(40-27)41-10-14-6-15(11-41)37-14)7-18(29(33,34)35)20(21(22)32)16-2-3-19(31)24-23(16)38-26(36)44-24/h2-3,7,13-15,37H,1,4-6,8-12H2,(H2,36,38)/t13-,14?,15?,28+/m1/s1. The van der Waals surface area contributed by atoms with E-state index in [1.165, 1.54) is 0 Å². The van der Waals surface area contributed by atoms with E-state index < -0.39 is 40.6 Å². The Bertz CT molecular complexity index is 1800. The number of piperidine rings is 1. The predicted octanol–water partition coefficient (Wildman–Crippen LogP) is 5.29. The summed E-state index contributed by atoms with van der Waals surface area (Å²) in [5.74, 6) is -1.85. The van der Waals surface area contributed by atoms with Gasteiger partial charge in [-0.1, -0.05) is 11.3 Å². The van der Waals surface area contributed by atoms with Crippen molar-refractivity contribution in [1.29, 1.82) is 0 Å². The minimum Gasteiger partial charge on any atom is -0.461 e. The van der Waals surface area contributed by atoms with Gasteiger partial charge in [-0.2, -0.15) is 23.1 Å². The second kappa shape index (κ2) is 9.78. The van der Waals surface area contributed by atoms with Crippen LogP contribution in [0.25, 0.3) is 32.2 Å². The lowest BCUT2D eigenvalue weighted by molar-refractivity contribution is -0.137. The summed E-state index contributed by atoms with van der Waals surface area (Å²) >= 11 is 0.763. The van der Waals surface area contributed by atoms with E-state index >= 15 is 4.39 Å². The van der Waals surface area contributed by atoms with Crippen LogP contribution in [0.1, 0.15) is 31.2 Å². The summed E-state index contributed by atoms with van der Waals surface area (Å²) in [7, 11) is 0. The molecular weight excluding hydrogens is 608 g/mol. The van der Waals surface area contributed by atoms with Crippen molar-refractivity contribution in [2.24, 2.45) is 0 Å². The van der Waals surface area contributed by atoms with Crippen LogP contribution in [0.15, 0.2) is 18.2 Å². The molecule has 2 unspecified atom stereocenters. The van der Waals surface area contributed by atoms with Crippen LogP contribution in [0.3, 0.4) is 0 Å². The molecule has 5 aliphatic heterocycles. The number of fused-ring (bicyclic) bond motifs is 5. The number of thiazole rings is 1. The summed E-state index contributed by atoms with van der Waals surface area (Å²) in [5.41, 5.74) is 2.37. The number of anilines is 2. The Kier molecular flexibility index (Phi) is 6.24. The average Bonchev–Trinajstić information content (AvgIpc) is 3.63. The molecule has 5 fully saturated rings. The van der Waals surface area contributed by atoms with Gasteiger partial charge >= 0.3 is 12.2 Å². The molecule has 5 saturated heterocycles. The normalized spacial score (nSPS) is 26.9. The Morgan fingerprint density at radius 2 is 1.86 bits per heavy atom. The summed E-state index contributed by atoms with van der Waals surface area (Å²) < 4.78 is 95.7. The molecule has 0 spiro atoms. The molecule has 5 aliphatic rings. The Hall–Kier alpha value is -3.43. The number of alkyl halides is 4. The highest BCUT2D eigenvalue weighted by atomic mass is 32.1. The molecular formula is C29H27F6N7OS. The van der Waals surface area contributed by atoms with Crippen LogP contribution in [-0.4, -0.2) is 76.4 Å². The second-order valence-corrected chi connectivity index (χ2v) is 13.3. The molecule has 9 rings (SSSR count). The fraction of sp³-hybridized carbons (Fsp3) is 0.483. The molecule has 2 aromatic carbocycles. The number of halogens is 6. The summed E-state index contributed by atoms with van der Waals surface area (Å²) in [5, 5.41) is 3.19. The lowest BCUT2D eigenvalue weighted by Crippen LogP contribution is -2.67. The van der Waals surface area contributed by atoms with Crippen LogP contribution in [-0.2, 0) is 6.18 Å². The molecule has 8 nitrogen and oxygen atoms in total. The van der Waals surface area contributed by atoms with Gasteiger partial charge in [-0.25, -0.2) is 18.2 Å². The predicted molar refractivity (Wildman–Crippen MR) is 154 cm³/mol. The fourth-order valence-corrected chi connectivity index (χ4v) is 8.28. The molecule has 4 atom stereocenters. The number of ether oxygens (including phenoxy) is 1. The van der Waals surface area contributed by atoms with Gasteiger partial charge in [0.15, 0.2) is 10.9 Å². The molecule has 7 heterocycles. The van der Waals surface area contributed by atoms with Gasteiger partial charge in [0.05, 0.1) is 21.3 Å². The third kappa shape index (κ3) is 4.37. The van der Waals surface area contributed by atoms with E-state index in [0.717, 1.165) is 55.3 Å². The van der Waals surface area contributed by atoms with Gasteiger partial charge < -0.3 is 20.7 Å². The second-order valence-electron chi connectivity index (χ2n) is 12.2. The van der Waals surface area contributed by atoms with Crippen molar-refractivity contribution in [3.8, 4) is 17.1 Å². The number of nitrogens with two attached hydrogens (primary N) is 1. The van der Waals surface area contributed by atoms with E-state index in [-0.39, 0.29) is 62.3 Å². The number of hydrogen-bond donors (Lipinski definition) is 2. The zero-order valence-corrected chi connectivity index (χ0v) is 24.0. The minimum absolute atomic E-state index is 0.0664. The van der Waals surface area contributed by atoms with Crippen LogP contribution in [0, 0.1) is 11.6 Å². The Morgan fingerprint density at radius 1 is 1.09 bits per heavy atom. The van der Waals surface area contributed by atoms with Crippen molar-refractivity contribution in [2.45, 2.75) is 55.7 Å². The van der Waals surface area contributed by atoms with Gasteiger partial charge in [0, 0.05) is 54.7 Å². The van der Waals surface area contributed by atoms with E-state index in [1.807, 2.05) is 4.90 Å². The average molecular weight is 636 g/mol. The SMILES string of the molecule is Nc1nc2c(-c3c(C(F)(F)F)cc4c(N5CC6CC(C5)N6)nc(OC[C@@]56CCCN5C[C@H](F)C6)nc4c3F)ccc(F)c2s1. The first-order chi connectivity index (χ1) is 21.0. The molecule has 15 heteroatoms. The number of aromatic nitrogens is 3. The first-order valence-electron chi connectivity index (χ1n) is 14.5. The van der Waals surface area contributed by atoms with Crippen LogP contribution >= 0.6 is 11.3 Å². The largest absolute Gasteiger partial charge is 0.461 e. The summed E-state index contributed by atoms with van der Waals surface area (Å²) in [6.45, 7) is 2.04. The van der Waals surface area contributed by atoms with Gasteiger partial charge in [0.1, 0.15) is 29.9 Å². The number of benzene rings is 2. The molecule has 0 saturated carbocycles. The van der Waals surface area contributed by atoms with Crippen molar-refractivity contribution < 1.29 is 31.1 Å². The molecule has 2 bridgehead atoms. The Balaban J connectivity index is 1.32. The molecule has 0 amide bonds. The maximum Gasteiger partial charge on any atom is 0.417 e. The highest BCUT2D eigenvalue weighted by Crippen LogP contribution is 2.47. The monoisotopic (exact) mass is 635 g/mol. The molecule has 2 aromatic heterocycles. The summed E-state index contributed by atoms with van der Waals surface area (Å²) in [6.07, 6.45) is -3.16. The molecule has 0 aliphatic carbocycles. The van der Waals surface area contributed by atoms with E-state index in [2.05, 4.69) is 25.2 Å². The van der Waals surface area contributed by atoms with Gasteiger partial charge in [-0.3, -0.25) is 4.90 Å². The third-order valence-electron chi connectivity index (χ3n) is 9.43. The topological polar surface area (TPSA) is 92.4 Å². The van der Waals surface area contributed by atoms with Gasteiger partial charge in [-0.15, -0.1) is 0 Å². The quantitative estimate of drug-likeness (QED) is 0.286. The van der Waals surface area contributed by atoms with Crippen LogP contribution in [0.2, 0.25) is 0 Å². The maximum atomic E-state index is 16.7. The summed E-state index contributed by atoms with van der Waals surface area (Å²) in [4.78, 5) is 16.8. The van der Waals surface area contributed by atoms with Gasteiger partial charge in [-0.05, 0) is 44.0 Å². The van der Waals surface area contributed by atoms with Crippen LogP contribution in [0.5, 0.6) is 6.01 Å². The fourth-order valence-electron chi connectivity index (χ4n) is 7.51. The van der Waals surface area contributed by atoms with Crippen molar-refractivity contribution in [1.82, 2.24) is 25.2 Å². The van der Waals surface area contributed by atoms with Crippen molar-refractivity contribution >= 4 is 43.4 Å². The molecule has 232 valence electrons. The van der Waals surface area contributed by atoms with Crippen molar-refractivity contribution in [3.05, 3.63) is 35.4 Å². The number of rotatable bonds is 5. The Morgan fingerprint density at radius 3 is 2.61 bits per heavy atom. The zero-order valence-electron chi connectivity index (χ0n) is 23.2. The van der Waals surface area contributed by atoms with E-state index in [9.17, 15) is 22.0 Å². The van der Waals surface area contributed by atoms with Crippen molar-refractivity contribution in [2.75, 3.05) is 43.4 Å². The molecule has 0 radical (unpaired) electrons. The summed E-state index contributed by atoms with van der Waals surface area (Å²) in [6, 6.07) is 2.95. The van der Waals surface area contributed by atoms with E-state index in [1.54, 1.807) is 0 Å². The van der Waals surface area contributed by atoms with Crippen LogP contribution in [0.4, 0.5) is 37.3 Å². The zero-order chi connectivity index (χ0) is 30.5. The third-order valence-corrected chi connectivity index (χ3v) is 10.3. The molecule has 44 heavy (non-hydrogen) atoms. The first-order valence-corrected chi connectivity index (χ1v) is 15.3. The number of nitrogens with one attached hydrogen (secondary N) is 1. The molecule has 4 aromatic rings. The van der Waals surface area contributed by atoms with Gasteiger partial charge in [0.25, 0.3) is 0 Å². The highest BCUT2D eigenvalue weighted by Gasteiger charge is 2.49. The number of hydrogen-bond acceptors (Lipinski definition) is 9. The number of nitrogens with zero attached hydrogens (tertiary/aromatic N) is 5. The molecule has 3 N–H and O–H groups in total.